The van der Waals surface area contributed by atoms with Crippen LogP contribution in [0, 0.1) is 13.8 Å². The van der Waals surface area contributed by atoms with Crippen LogP contribution in [0.15, 0.2) is 18.3 Å². The molecular weight excluding hydrogens is 302 g/mol. The molecule has 0 saturated carbocycles. The van der Waals surface area contributed by atoms with E-state index in [9.17, 15) is 4.79 Å². The summed E-state index contributed by atoms with van der Waals surface area (Å²) in [5.41, 5.74) is 0.881. The van der Waals surface area contributed by atoms with Crippen molar-refractivity contribution in [3.05, 3.63) is 40.6 Å². The van der Waals surface area contributed by atoms with Crippen LogP contribution >= 0.6 is 11.6 Å². The van der Waals surface area contributed by atoms with E-state index in [2.05, 4.69) is 25.6 Å². The fraction of sp³-hybridized carbons (Fsp3) is 0.400. The zero-order valence-electron chi connectivity index (χ0n) is 13.1. The van der Waals surface area contributed by atoms with Crippen molar-refractivity contribution in [1.29, 1.82) is 0 Å². The average molecular weight is 322 g/mol. The number of amides is 1. The molecule has 22 heavy (non-hydrogen) atoms. The molecule has 0 saturated heterocycles. The van der Waals surface area contributed by atoms with Crippen LogP contribution in [-0.2, 0) is 0 Å². The fourth-order valence-corrected chi connectivity index (χ4v) is 2.20. The Morgan fingerprint density at radius 2 is 2.05 bits per heavy atom. The Bertz CT molecular complexity index is 660. The van der Waals surface area contributed by atoms with Crippen LogP contribution in [-0.4, -0.2) is 32.9 Å². The Kier molecular flexibility index (Phi) is 4.71. The third-order valence-corrected chi connectivity index (χ3v) is 3.24. The number of carbonyl (C=O) groups is 1. The second kappa shape index (κ2) is 6.36. The first-order valence-corrected chi connectivity index (χ1v) is 7.35. The van der Waals surface area contributed by atoms with Crippen LogP contribution in [0.3, 0.4) is 0 Å². The van der Waals surface area contributed by atoms with Gasteiger partial charge in [0.2, 0.25) is 0 Å². The number of carbonyl (C=O) groups excluding carboxylic acids is 1. The van der Waals surface area contributed by atoms with Gasteiger partial charge in [-0.2, -0.15) is 0 Å². The van der Waals surface area contributed by atoms with Gasteiger partial charge >= 0.3 is 0 Å². The Balaban J connectivity index is 1.97. The normalized spacial score (nSPS) is 11.3. The van der Waals surface area contributed by atoms with Crippen molar-refractivity contribution in [2.24, 2.45) is 0 Å². The van der Waals surface area contributed by atoms with Crippen molar-refractivity contribution < 1.29 is 4.79 Å². The van der Waals surface area contributed by atoms with Gasteiger partial charge in [0, 0.05) is 24.5 Å². The summed E-state index contributed by atoms with van der Waals surface area (Å²) in [6.45, 7) is 8.16. The van der Waals surface area contributed by atoms with E-state index < -0.39 is 5.54 Å². The maximum Gasteiger partial charge on any atom is 0.268 e. The predicted molar refractivity (Wildman–Crippen MR) is 87.3 cm³/mol. The molecule has 7 heteroatoms. The highest BCUT2D eigenvalue weighted by Crippen LogP contribution is 2.12. The van der Waals surface area contributed by atoms with Crippen molar-refractivity contribution >= 4 is 23.3 Å². The summed E-state index contributed by atoms with van der Waals surface area (Å²) in [5.74, 6) is 1.26. The van der Waals surface area contributed by atoms with Crippen LogP contribution in [0.1, 0.15) is 35.9 Å². The smallest absolute Gasteiger partial charge is 0.268 e. The minimum Gasteiger partial charge on any atom is -0.368 e. The highest BCUT2D eigenvalue weighted by Gasteiger charge is 2.22. The number of nitrogens with one attached hydrogen (secondary N) is 3. The minimum atomic E-state index is -0.457. The SMILES string of the molecule is Cc1cc(NCC(C)(C)NC(=O)c2cc(Cl)c[nH]2)nc(C)n1. The predicted octanol–water partition coefficient (Wildman–Crippen LogP) is 2.70. The van der Waals surface area contributed by atoms with E-state index in [0.717, 1.165) is 11.5 Å². The highest BCUT2D eigenvalue weighted by atomic mass is 35.5. The molecule has 3 N–H and O–H groups in total. The Morgan fingerprint density at radius 3 is 2.64 bits per heavy atom. The van der Waals surface area contributed by atoms with Crippen LogP contribution in [0.2, 0.25) is 5.02 Å². The molecule has 2 heterocycles. The molecule has 0 fully saturated rings. The maximum absolute atomic E-state index is 12.1. The van der Waals surface area contributed by atoms with Gasteiger partial charge in [0.05, 0.1) is 10.6 Å². The van der Waals surface area contributed by atoms with E-state index in [1.165, 1.54) is 0 Å². The summed E-state index contributed by atoms with van der Waals surface area (Å²) in [5, 5.41) is 6.68. The van der Waals surface area contributed by atoms with Crippen molar-refractivity contribution in [2.45, 2.75) is 33.2 Å². The van der Waals surface area contributed by atoms with Gasteiger partial charge in [-0.1, -0.05) is 11.6 Å². The lowest BCUT2D eigenvalue weighted by Gasteiger charge is -2.26. The summed E-state index contributed by atoms with van der Waals surface area (Å²) < 4.78 is 0. The van der Waals surface area contributed by atoms with Crippen molar-refractivity contribution in [3.8, 4) is 0 Å². The number of aromatic amines is 1. The number of nitrogens with zero attached hydrogens (tertiary/aromatic N) is 2. The van der Waals surface area contributed by atoms with Gasteiger partial charge in [0.15, 0.2) is 0 Å². The molecule has 2 rings (SSSR count). The summed E-state index contributed by atoms with van der Waals surface area (Å²) in [7, 11) is 0. The molecule has 118 valence electrons. The van der Waals surface area contributed by atoms with Crippen molar-refractivity contribution in [2.75, 3.05) is 11.9 Å². The first-order chi connectivity index (χ1) is 10.2. The number of hydrogen-bond donors (Lipinski definition) is 3. The van der Waals surface area contributed by atoms with Crippen LogP contribution in [0.5, 0.6) is 0 Å². The lowest BCUT2D eigenvalue weighted by atomic mass is 10.1. The van der Waals surface area contributed by atoms with Gasteiger partial charge in [-0.05, 0) is 33.8 Å². The quantitative estimate of drug-likeness (QED) is 0.790. The molecule has 0 radical (unpaired) electrons. The number of aryl methyl sites for hydroxylation is 2. The molecular formula is C15H20ClN5O. The van der Waals surface area contributed by atoms with E-state index in [1.54, 1.807) is 12.3 Å². The molecule has 0 aliphatic carbocycles. The van der Waals surface area contributed by atoms with E-state index in [4.69, 9.17) is 11.6 Å². The second-order valence-corrected chi connectivity index (χ2v) is 6.30. The topological polar surface area (TPSA) is 82.7 Å². The molecule has 2 aromatic heterocycles. The first-order valence-electron chi connectivity index (χ1n) is 6.98. The van der Waals surface area contributed by atoms with E-state index >= 15 is 0 Å². The average Bonchev–Trinajstić information content (AvgIpc) is 2.82. The first kappa shape index (κ1) is 16.3. The molecule has 0 atom stereocenters. The van der Waals surface area contributed by atoms with Gasteiger partial charge in [-0.3, -0.25) is 4.79 Å². The van der Waals surface area contributed by atoms with Gasteiger partial charge in [0.25, 0.3) is 5.91 Å². The lowest BCUT2D eigenvalue weighted by molar-refractivity contribution is 0.0912. The molecule has 0 aromatic carbocycles. The molecule has 1 amide bonds. The zero-order chi connectivity index (χ0) is 16.3. The number of hydrogen-bond acceptors (Lipinski definition) is 4. The number of halogens is 1. The molecule has 0 spiro atoms. The van der Waals surface area contributed by atoms with E-state index in [0.29, 0.717) is 23.1 Å². The van der Waals surface area contributed by atoms with E-state index in [-0.39, 0.29) is 5.91 Å². The lowest BCUT2D eigenvalue weighted by Crippen LogP contribution is -2.48. The van der Waals surface area contributed by atoms with Crippen LogP contribution in [0.25, 0.3) is 0 Å². The molecule has 0 aliphatic heterocycles. The molecule has 0 aliphatic rings. The van der Waals surface area contributed by atoms with E-state index in [1.807, 2.05) is 33.8 Å². The third-order valence-electron chi connectivity index (χ3n) is 3.02. The fourth-order valence-electron chi connectivity index (χ4n) is 2.04. The van der Waals surface area contributed by atoms with Gasteiger partial charge in [-0.25, -0.2) is 9.97 Å². The monoisotopic (exact) mass is 321 g/mol. The summed E-state index contributed by atoms with van der Waals surface area (Å²) in [4.78, 5) is 23.5. The summed E-state index contributed by atoms with van der Waals surface area (Å²) in [6, 6.07) is 3.47. The van der Waals surface area contributed by atoms with Crippen molar-refractivity contribution in [1.82, 2.24) is 20.3 Å². The van der Waals surface area contributed by atoms with Gasteiger partial charge in [0.1, 0.15) is 17.3 Å². The Hall–Kier alpha value is -2.08. The van der Waals surface area contributed by atoms with Crippen molar-refractivity contribution in [3.63, 3.8) is 0 Å². The summed E-state index contributed by atoms with van der Waals surface area (Å²) >= 11 is 5.81. The Labute approximate surface area is 134 Å². The van der Waals surface area contributed by atoms with Crippen LogP contribution in [0.4, 0.5) is 5.82 Å². The number of aromatic nitrogens is 3. The Morgan fingerprint density at radius 1 is 1.32 bits per heavy atom. The molecule has 6 nitrogen and oxygen atoms in total. The van der Waals surface area contributed by atoms with Gasteiger partial charge in [-0.15, -0.1) is 0 Å². The second-order valence-electron chi connectivity index (χ2n) is 5.86. The van der Waals surface area contributed by atoms with Crippen LogP contribution < -0.4 is 10.6 Å². The molecule has 2 aromatic rings. The standard InChI is InChI=1S/C15H20ClN5O/c1-9-5-13(20-10(2)19-9)18-8-15(3,4)21-14(22)12-6-11(16)7-17-12/h5-7,17H,8H2,1-4H3,(H,21,22)(H,18,19,20). The number of rotatable bonds is 5. The molecule has 0 bridgehead atoms. The maximum atomic E-state index is 12.1. The number of H-pyrrole nitrogens is 1. The largest absolute Gasteiger partial charge is 0.368 e. The highest BCUT2D eigenvalue weighted by molar-refractivity contribution is 6.30. The minimum absolute atomic E-state index is 0.200. The van der Waals surface area contributed by atoms with Gasteiger partial charge < -0.3 is 15.6 Å². The number of anilines is 1. The zero-order valence-corrected chi connectivity index (χ0v) is 13.9. The molecule has 0 unspecified atom stereocenters. The third kappa shape index (κ3) is 4.46. The summed E-state index contributed by atoms with van der Waals surface area (Å²) in [6.07, 6.45) is 1.58.